The Labute approximate surface area is 154 Å². The maximum atomic E-state index is 12.2. The fraction of sp³-hybridized carbons (Fsp3) is 0.450. The van der Waals surface area contributed by atoms with Crippen molar-refractivity contribution in [3.63, 3.8) is 0 Å². The van der Waals surface area contributed by atoms with Crippen LogP contribution in [-0.4, -0.2) is 28.2 Å². The summed E-state index contributed by atoms with van der Waals surface area (Å²) in [5.41, 5.74) is 4.73. The molecule has 6 nitrogen and oxygen atoms in total. The van der Waals surface area contributed by atoms with Gasteiger partial charge in [-0.3, -0.25) is 14.7 Å². The molecule has 1 aromatic carbocycles. The minimum absolute atomic E-state index is 0.0295. The summed E-state index contributed by atoms with van der Waals surface area (Å²) < 4.78 is 5.30. The Morgan fingerprint density at radius 1 is 1.19 bits per heavy atom. The number of aromatic amines is 1. The Kier molecular flexibility index (Phi) is 6.55. The van der Waals surface area contributed by atoms with Crippen molar-refractivity contribution in [2.75, 3.05) is 5.32 Å². The van der Waals surface area contributed by atoms with E-state index in [0.29, 0.717) is 5.69 Å². The average Bonchev–Trinajstić information content (AvgIpc) is 2.93. The molecule has 140 valence electrons. The molecule has 0 spiro atoms. The number of nitrogens with one attached hydrogen (secondary N) is 2. The number of aromatic nitrogens is 2. The second kappa shape index (κ2) is 8.65. The molecule has 0 aliphatic carbocycles. The first-order valence-electron chi connectivity index (χ1n) is 8.92. The van der Waals surface area contributed by atoms with Crippen LogP contribution in [0.3, 0.4) is 0 Å². The number of hydrogen-bond donors (Lipinski definition) is 2. The van der Waals surface area contributed by atoms with Crippen LogP contribution in [0.5, 0.6) is 0 Å². The van der Waals surface area contributed by atoms with Crippen LogP contribution in [-0.2, 0) is 20.7 Å². The van der Waals surface area contributed by atoms with E-state index in [-0.39, 0.29) is 18.2 Å². The first-order valence-corrected chi connectivity index (χ1v) is 8.92. The van der Waals surface area contributed by atoms with Gasteiger partial charge < -0.3 is 10.1 Å². The van der Waals surface area contributed by atoms with E-state index in [1.165, 1.54) is 5.56 Å². The summed E-state index contributed by atoms with van der Waals surface area (Å²) in [7, 11) is 0. The molecule has 2 unspecified atom stereocenters. The van der Waals surface area contributed by atoms with E-state index in [9.17, 15) is 9.59 Å². The quantitative estimate of drug-likeness (QED) is 0.741. The highest BCUT2D eigenvalue weighted by molar-refractivity contribution is 5.95. The molecule has 0 saturated carbocycles. The number of rotatable bonds is 7. The number of benzene rings is 1. The summed E-state index contributed by atoms with van der Waals surface area (Å²) >= 11 is 0. The summed E-state index contributed by atoms with van der Waals surface area (Å²) in [6.07, 6.45) is 0.284. The lowest BCUT2D eigenvalue weighted by Crippen LogP contribution is -2.30. The number of hydrogen-bond acceptors (Lipinski definition) is 4. The highest BCUT2D eigenvalue weighted by Gasteiger charge is 2.22. The molecule has 0 fully saturated rings. The molecule has 0 aliphatic heterocycles. The maximum Gasteiger partial charge on any atom is 0.307 e. The van der Waals surface area contributed by atoms with Crippen molar-refractivity contribution in [3.8, 4) is 0 Å². The summed E-state index contributed by atoms with van der Waals surface area (Å²) in [6, 6.07) is 7.61. The Morgan fingerprint density at radius 3 is 2.38 bits per heavy atom. The molecule has 0 saturated heterocycles. The number of ether oxygens (including phenoxy) is 1. The van der Waals surface area contributed by atoms with Gasteiger partial charge in [0.2, 0.25) is 0 Å². The third-order valence-electron chi connectivity index (χ3n) is 4.46. The number of carbonyl (C=O) groups excluding carboxylic acids is 2. The van der Waals surface area contributed by atoms with E-state index in [4.69, 9.17) is 4.74 Å². The molecule has 2 aromatic rings. The van der Waals surface area contributed by atoms with E-state index >= 15 is 0 Å². The topological polar surface area (TPSA) is 84.1 Å². The van der Waals surface area contributed by atoms with Crippen molar-refractivity contribution in [3.05, 3.63) is 46.8 Å². The van der Waals surface area contributed by atoms with E-state index in [1.807, 2.05) is 45.0 Å². The van der Waals surface area contributed by atoms with Crippen molar-refractivity contribution in [2.45, 2.75) is 59.5 Å². The van der Waals surface area contributed by atoms with Gasteiger partial charge in [0.25, 0.3) is 5.91 Å². The van der Waals surface area contributed by atoms with Crippen molar-refractivity contribution in [1.82, 2.24) is 10.2 Å². The van der Waals surface area contributed by atoms with Crippen LogP contribution < -0.4 is 5.32 Å². The highest BCUT2D eigenvalue weighted by atomic mass is 16.5. The lowest BCUT2D eigenvalue weighted by atomic mass is 9.96. The van der Waals surface area contributed by atoms with Gasteiger partial charge in [0.05, 0.1) is 12.1 Å². The second-order valence-electron chi connectivity index (χ2n) is 6.62. The van der Waals surface area contributed by atoms with Crippen LogP contribution in [0.4, 0.5) is 5.69 Å². The number of nitrogens with zero attached hydrogens (tertiary/aromatic N) is 1. The second-order valence-corrected chi connectivity index (χ2v) is 6.62. The predicted octanol–water partition coefficient (Wildman–Crippen LogP) is 3.65. The minimum atomic E-state index is -0.855. The maximum absolute atomic E-state index is 12.2. The summed E-state index contributed by atoms with van der Waals surface area (Å²) in [5.74, 6) is -0.773. The van der Waals surface area contributed by atoms with Crippen molar-refractivity contribution >= 4 is 17.6 Å². The zero-order chi connectivity index (χ0) is 19.3. The lowest BCUT2D eigenvalue weighted by molar-refractivity contribution is -0.153. The third-order valence-corrected chi connectivity index (χ3v) is 4.46. The van der Waals surface area contributed by atoms with Gasteiger partial charge in [0.1, 0.15) is 0 Å². The van der Waals surface area contributed by atoms with Gasteiger partial charge in [-0.15, -0.1) is 0 Å². The SMILES string of the molecule is CCc1ccc(NC(=O)C(C)OC(=O)CC(C)c2c(C)n[nH]c2C)cc1. The standard InChI is InChI=1S/C20H27N3O3/c1-6-16-7-9-17(10-8-16)21-20(25)15(5)26-18(24)11-12(2)19-13(3)22-23-14(19)4/h7-10,12,15H,6,11H2,1-5H3,(H,21,25)(H,22,23). The fourth-order valence-corrected chi connectivity index (χ4v) is 3.00. The molecular weight excluding hydrogens is 330 g/mol. The van der Waals surface area contributed by atoms with Crippen LogP contribution >= 0.6 is 0 Å². The van der Waals surface area contributed by atoms with Crippen LogP contribution in [0.15, 0.2) is 24.3 Å². The number of anilines is 1. The number of esters is 1. The molecule has 6 heteroatoms. The summed E-state index contributed by atoms with van der Waals surface area (Å²) in [4.78, 5) is 24.4. The van der Waals surface area contributed by atoms with Crippen molar-refractivity contribution in [2.24, 2.45) is 0 Å². The molecular formula is C20H27N3O3. The minimum Gasteiger partial charge on any atom is -0.453 e. The largest absolute Gasteiger partial charge is 0.453 e. The fourth-order valence-electron chi connectivity index (χ4n) is 3.00. The first kappa shape index (κ1) is 19.7. The van der Waals surface area contributed by atoms with Gasteiger partial charge in [0.15, 0.2) is 6.10 Å². The van der Waals surface area contributed by atoms with Crippen LogP contribution in [0, 0.1) is 13.8 Å². The molecule has 1 amide bonds. The van der Waals surface area contributed by atoms with Crippen LogP contribution in [0.1, 0.15) is 55.6 Å². The van der Waals surface area contributed by atoms with Gasteiger partial charge in [0, 0.05) is 11.4 Å². The normalized spacial score (nSPS) is 13.1. The van der Waals surface area contributed by atoms with Gasteiger partial charge >= 0.3 is 5.97 Å². The van der Waals surface area contributed by atoms with Gasteiger partial charge in [-0.1, -0.05) is 26.0 Å². The van der Waals surface area contributed by atoms with Gasteiger partial charge in [-0.2, -0.15) is 5.10 Å². The highest BCUT2D eigenvalue weighted by Crippen LogP contribution is 2.24. The Hall–Kier alpha value is -2.63. The van der Waals surface area contributed by atoms with Gasteiger partial charge in [-0.05, 0) is 56.4 Å². The molecule has 0 radical (unpaired) electrons. The first-order chi connectivity index (χ1) is 12.3. The van der Waals surface area contributed by atoms with E-state index in [1.54, 1.807) is 6.92 Å². The molecule has 0 aliphatic rings. The van der Waals surface area contributed by atoms with Gasteiger partial charge in [-0.25, -0.2) is 0 Å². The molecule has 1 aromatic heterocycles. The molecule has 1 heterocycles. The number of amides is 1. The number of aryl methyl sites for hydroxylation is 3. The Morgan fingerprint density at radius 2 is 1.85 bits per heavy atom. The number of carbonyl (C=O) groups is 2. The average molecular weight is 357 g/mol. The Balaban J connectivity index is 1.88. The molecule has 2 atom stereocenters. The number of H-pyrrole nitrogens is 1. The Bertz CT molecular complexity index is 746. The molecule has 0 bridgehead atoms. The zero-order valence-electron chi connectivity index (χ0n) is 16.1. The smallest absolute Gasteiger partial charge is 0.307 e. The van der Waals surface area contributed by atoms with E-state index in [2.05, 4.69) is 22.4 Å². The van der Waals surface area contributed by atoms with Crippen LogP contribution in [0.25, 0.3) is 0 Å². The lowest BCUT2D eigenvalue weighted by Gasteiger charge is -2.16. The monoisotopic (exact) mass is 357 g/mol. The molecule has 2 N–H and O–H groups in total. The van der Waals surface area contributed by atoms with Crippen molar-refractivity contribution < 1.29 is 14.3 Å². The van der Waals surface area contributed by atoms with E-state index in [0.717, 1.165) is 23.4 Å². The van der Waals surface area contributed by atoms with E-state index < -0.39 is 12.1 Å². The summed E-state index contributed by atoms with van der Waals surface area (Å²) in [6.45, 7) is 9.43. The van der Waals surface area contributed by atoms with Crippen molar-refractivity contribution in [1.29, 1.82) is 0 Å². The predicted molar refractivity (Wildman–Crippen MR) is 101 cm³/mol. The third kappa shape index (κ3) is 4.94. The molecule has 26 heavy (non-hydrogen) atoms. The zero-order valence-corrected chi connectivity index (χ0v) is 16.1. The molecule has 2 rings (SSSR count). The van der Waals surface area contributed by atoms with Crippen LogP contribution in [0.2, 0.25) is 0 Å². The summed E-state index contributed by atoms with van der Waals surface area (Å²) in [5, 5.41) is 9.84.